The van der Waals surface area contributed by atoms with Crippen LogP contribution in [0.25, 0.3) is 59.9 Å². The molecule has 326 valence electrons. The average molecular weight is 890 g/mol. The Bertz CT molecular complexity index is 4090. The van der Waals surface area contributed by atoms with Crippen molar-refractivity contribution in [2.75, 3.05) is 14.7 Å². The van der Waals surface area contributed by atoms with Crippen molar-refractivity contribution in [1.82, 2.24) is 0 Å². The Balaban J connectivity index is 1.15. The normalized spacial score (nSPS) is 13.5. The van der Waals surface area contributed by atoms with Gasteiger partial charge >= 0.3 is 0 Å². The minimum absolute atomic E-state index is 0.0599. The fourth-order valence-corrected chi connectivity index (χ4v) is 12.4. The van der Waals surface area contributed by atoms with E-state index in [9.17, 15) is 0 Å². The molecule has 0 spiro atoms. The fourth-order valence-electron chi connectivity index (χ4n) is 12.4. The quantitative estimate of drug-likeness (QED) is 0.159. The molecule has 70 heavy (non-hydrogen) atoms. The Morgan fingerprint density at radius 2 is 0.814 bits per heavy atom. The van der Waals surface area contributed by atoms with E-state index in [0.717, 1.165) is 35.6 Å². The predicted molar refractivity (Wildman–Crippen MR) is 300 cm³/mol. The maximum Gasteiger partial charge on any atom is 0.252 e. The van der Waals surface area contributed by atoms with Crippen LogP contribution in [0.1, 0.15) is 17.5 Å². The molecule has 0 amide bonds. The summed E-state index contributed by atoms with van der Waals surface area (Å²) >= 11 is 0. The second kappa shape index (κ2) is 15.3. The third-order valence-corrected chi connectivity index (χ3v) is 15.4. The van der Waals surface area contributed by atoms with Crippen molar-refractivity contribution in [2.45, 2.75) is 12.8 Å². The van der Waals surface area contributed by atoms with Crippen molar-refractivity contribution in [1.29, 1.82) is 0 Å². The molecule has 0 fully saturated rings. The summed E-state index contributed by atoms with van der Waals surface area (Å²) < 4.78 is 0. The summed E-state index contributed by atoms with van der Waals surface area (Å²) in [5.41, 5.74) is 17.2. The molecule has 12 aromatic rings. The number of hydrogen-bond donors (Lipinski definition) is 0. The largest absolute Gasteiger partial charge is 0.310 e. The van der Waals surface area contributed by atoms with E-state index in [1.807, 2.05) is 0 Å². The number of rotatable bonds is 5. The Morgan fingerprint density at radius 3 is 1.40 bits per heavy atom. The minimum atomic E-state index is -0.0599. The van der Waals surface area contributed by atoms with Crippen LogP contribution in [0.2, 0.25) is 0 Å². The van der Waals surface area contributed by atoms with Gasteiger partial charge < -0.3 is 14.7 Å². The van der Waals surface area contributed by atoms with Gasteiger partial charge in [0.25, 0.3) is 6.71 Å². The summed E-state index contributed by atoms with van der Waals surface area (Å²) in [7, 11) is 0. The first-order valence-corrected chi connectivity index (χ1v) is 24.6. The van der Waals surface area contributed by atoms with Crippen LogP contribution in [0.5, 0.6) is 0 Å². The van der Waals surface area contributed by atoms with Crippen LogP contribution in [0.3, 0.4) is 0 Å². The molecule has 15 rings (SSSR count). The summed E-state index contributed by atoms with van der Waals surface area (Å²) in [6.07, 6.45) is 6.84. The lowest BCUT2D eigenvalue weighted by atomic mass is 9.33. The molecule has 0 bridgehead atoms. The number of benzene rings is 12. The molecular weight excluding hydrogens is 846 g/mol. The smallest absolute Gasteiger partial charge is 0.252 e. The molecule has 0 aromatic heterocycles. The van der Waals surface area contributed by atoms with Gasteiger partial charge in [0, 0.05) is 55.2 Å². The van der Waals surface area contributed by atoms with E-state index in [1.54, 1.807) is 0 Å². The number of anilines is 9. The van der Waals surface area contributed by atoms with Gasteiger partial charge in [0.15, 0.2) is 0 Å². The van der Waals surface area contributed by atoms with Crippen LogP contribution in [0, 0.1) is 0 Å². The molecule has 0 saturated heterocycles. The molecule has 3 aliphatic rings. The Labute approximate surface area is 407 Å². The second-order valence-electron chi connectivity index (χ2n) is 19.1. The lowest BCUT2D eigenvalue weighted by Crippen LogP contribution is -2.61. The zero-order valence-electron chi connectivity index (χ0n) is 38.4. The van der Waals surface area contributed by atoms with Gasteiger partial charge in [-0.15, -0.1) is 0 Å². The predicted octanol–water partition coefficient (Wildman–Crippen LogP) is 16.0. The van der Waals surface area contributed by atoms with Crippen LogP contribution in [-0.4, -0.2) is 6.71 Å². The van der Waals surface area contributed by atoms with Gasteiger partial charge in [0.2, 0.25) is 0 Å². The maximum absolute atomic E-state index is 2.66. The van der Waals surface area contributed by atoms with Gasteiger partial charge in [-0.25, -0.2) is 0 Å². The minimum Gasteiger partial charge on any atom is -0.310 e. The summed E-state index contributed by atoms with van der Waals surface area (Å²) in [6.45, 7) is -0.0599. The topological polar surface area (TPSA) is 9.72 Å². The molecule has 0 atom stereocenters. The SMILES string of the molecule is C1=Cc2c(ccc3c2N(c2cccc4ccccc24)c2cc(N(c4cccc5ccccc45)c4cccc5ccccc45)cc4c2B3c2ccc3ccccc3c2N4c2cccc3ccccc23)CC1. The molecule has 0 saturated carbocycles. The van der Waals surface area contributed by atoms with Gasteiger partial charge in [-0.2, -0.15) is 0 Å². The van der Waals surface area contributed by atoms with E-state index in [4.69, 9.17) is 0 Å². The second-order valence-corrected chi connectivity index (χ2v) is 19.1. The van der Waals surface area contributed by atoms with E-state index in [-0.39, 0.29) is 6.71 Å². The van der Waals surface area contributed by atoms with E-state index in [1.165, 1.54) is 110 Å². The number of hydrogen-bond acceptors (Lipinski definition) is 3. The van der Waals surface area contributed by atoms with E-state index in [0.29, 0.717) is 0 Å². The molecule has 12 aromatic carbocycles. The lowest BCUT2D eigenvalue weighted by molar-refractivity contribution is 0.985. The van der Waals surface area contributed by atoms with Gasteiger partial charge in [-0.3, -0.25) is 0 Å². The maximum atomic E-state index is 2.66. The zero-order chi connectivity index (χ0) is 45.9. The third kappa shape index (κ3) is 5.71. The molecule has 0 N–H and O–H groups in total. The fraction of sp³-hybridized carbons (Fsp3) is 0.0303. The molecule has 4 heteroatoms. The zero-order valence-corrected chi connectivity index (χ0v) is 38.4. The molecule has 0 radical (unpaired) electrons. The summed E-state index contributed by atoms with van der Waals surface area (Å²) in [4.78, 5) is 7.84. The van der Waals surface area contributed by atoms with E-state index < -0.39 is 0 Å². The molecule has 1 aliphatic carbocycles. The van der Waals surface area contributed by atoms with Gasteiger partial charge in [-0.05, 0) is 98.1 Å². The van der Waals surface area contributed by atoms with Crippen LogP contribution in [0.4, 0.5) is 51.2 Å². The van der Waals surface area contributed by atoms with Gasteiger partial charge in [0.1, 0.15) is 0 Å². The summed E-state index contributed by atoms with van der Waals surface area (Å²) in [5.74, 6) is 0. The highest BCUT2D eigenvalue weighted by Crippen LogP contribution is 2.53. The monoisotopic (exact) mass is 889 g/mol. The highest BCUT2D eigenvalue weighted by molar-refractivity contribution is 7.00. The Kier molecular flexibility index (Phi) is 8.58. The third-order valence-electron chi connectivity index (χ3n) is 15.4. The van der Waals surface area contributed by atoms with Crippen molar-refractivity contribution in [3.8, 4) is 0 Å². The van der Waals surface area contributed by atoms with Crippen LogP contribution < -0.4 is 31.1 Å². The molecule has 2 heterocycles. The van der Waals surface area contributed by atoms with Crippen molar-refractivity contribution in [3.63, 3.8) is 0 Å². The van der Waals surface area contributed by atoms with Crippen LogP contribution in [-0.2, 0) is 6.42 Å². The number of nitrogens with zero attached hydrogens (tertiary/aromatic N) is 3. The van der Waals surface area contributed by atoms with E-state index in [2.05, 4.69) is 257 Å². The van der Waals surface area contributed by atoms with Crippen molar-refractivity contribution < 1.29 is 0 Å². The highest BCUT2D eigenvalue weighted by atomic mass is 15.2. The molecule has 3 nitrogen and oxygen atoms in total. The average Bonchev–Trinajstić information content (AvgIpc) is 3.43. The summed E-state index contributed by atoms with van der Waals surface area (Å²) in [6, 6.07) is 86.4. The van der Waals surface area contributed by atoms with Gasteiger partial charge in [0.05, 0.1) is 28.4 Å². The van der Waals surface area contributed by atoms with Crippen LogP contribution >= 0.6 is 0 Å². The Hall–Kier alpha value is -8.86. The first-order valence-electron chi connectivity index (χ1n) is 24.6. The summed E-state index contributed by atoms with van der Waals surface area (Å²) in [5, 5.41) is 12.1. The van der Waals surface area contributed by atoms with Crippen molar-refractivity contribution in [3.05, 3.63) is 248 Å². The van der Waals surface area contributed by atoms with Crippen LogP contribution in [0.15, 0.2) is 237 Å². The van der Waals surface area contributed by atoms with Gasteiger partial charge in [-0.1, -0.05) is 206 Å². The molecule has 0 unspecified atom stereocenters. The lowest BCUT2D eigenvalue weighted by Gasteiger charge is -2.46. The first-order chi connectivity index (χ1) is 34.8. The standard InChI is InChI=1S/C66H44BN3/c1-7-27-50-43(17-1)23-13-33-58(50)68(59-34-14-24-44-18-2-8-28-51(44)59)49-41-62-64-63(42-49)70(61-36-16-26-46-20-4-10-30-53(46)61)66-55-32-12-6-22-48(55)38-40-57(66)67(64)56-39-37-47-21-5-11-31-54(47)65(56)69(62)60-35-15-25-45-19-3-9-29-52(45)60/h1-5,7-21,23-42H,6,22H2. The number of aryl methyl sites for hydroxylation is 1. The highest BCUT2D eigenvalue weighted by Gasteiger charge is 2.46. The number of fused-ring (bicyclic) bond motifs is 12. The molecular formula is C66H44BN3. The number of allylic oxidation sites excluding steroid dienone is 1. The Morgan fingerprint density at radius 1 is 0.371 bits per heavy atom. The van der Waals surface area contributed by atoms with E-state index >= 15 is 0 Å². The molecule has 2 aliphatic heterocycles. The van der Waals surface area contributed by atoms with Crippen molar-refractivity contribution in [2.24, 2.45) is 0 Å². The van der Waals surface area contributed by atoms with Crippen molar-refractivity contribution >= 4 is 134 Å². The first kappa shape index (κ1) is 39.2.